The Kier molecular flexibility index (Phi) is 13.7. The van der Waals surface area contributed by atoms with Gasteiger partial charge in [0, 0.05) is 16.7 Å². The summed E-state index contributed by atoms with van der Waals surface area (Å²) < 4.78 is 0. The van der Waals surface area contributed by atoms with Gasteiger partial charge >= 0.3 is 17.1 Å². The maximum absolute atomic E-state index is 10.8. The first kappa shape index (κ1) is 29.9. The van der Waals surface area contributed by atoms with Crippen molar-refractivity contribution in [1.29, 1.82) is 0 Å². The number of para-hydroxylation sites is 3. The molecule has 179 valence electrons. The summed E-state index contributed by atoms with van der Waals surface area (Å²) >= 11 is 0. The quantitative estimate of drug-likeness (QED) is 0.153. The standard InChI is InChI=1S/3C7H7NO3.Fe/c3*9-6-4-2-1-3-5(6)7(10)8-11;/h3*1-4,9,11H,(H,8,10);/q;;;+3/p-3. The average Bonchev–Trinajstić information content (AvgIpc) is 2.84. The molecule has 6 N–H and O–H groups in total. The third-order valence-electron chi connectivity index (χ3n) is 3.70. The van der Waals surface area contributed by atoms with Crippen LogP contribution in [0.15, 0.2) is 72.8 Å². The number of hydrogen-bond acceptors (Lipinski definition) is 9. The Morgan fingerprint density at radius 1 is 0.500 bits per heavy atom. The van der Waals surface area contributed by atoms with Gasteiger partial charge in [0.05, 0.1) is 0 Å². The number of nitrogens with one attached hydrogen (secondary N) is 3. The SMILES string of the molecule is O=C(NO)c1ccccc1[O-].O=C(NO)c1ccccc1[O-].O=C(NO)c1ccccc1[O-].[Fe+3]. The van der Waals surface area contributed by atoms with Gasteiger partial charge in [-0.15, -0.1) is 0 Å². The number of rotatable bonds is 3. The molecule has 0 aliphatic heterocycles. The molecule has 0 saturated heterocycles. The fourth-order valence-corrected chi connectivity index (χ4v) is 2.14. The van der Waals surface area contributed by atoms with Crippen molar-refractivity contribution < 1.29 is 62.4 Å². The summed E-state index contributed by atoms with van der Waals surface area (Å²) in [6.07, 6.45) is 0. The normalized spacial score (nSPS) is 8.91. The molecule has 3 aromatic rings. The van der Waals surface area contributed by atoms with E-state index in [9.17, 15) is 29.7 Å². The van der Waals surface area contributed by atoms with Gasteiger partial charge in [-0.1, -0.05) is 90.0 Å². The molecule has 3 aromatic carbocycles. The van der Waals surface area contributed by atoms with E-state index >= 15 is 0 Å². The first-order valence-corrected chi connectivity index (χ1v) is 8.88. The van der Waals surface area contributed by atoms with Gasteiger partial charge in [-0.25, -0.2) is 16.4 Å². The topological polar surface area (TPSA) is 217 Å². The van der Waals surface area contributed by atoms with Crippen LogP contribution in [0.25, 0.3) is 0 Å². The largest absolute Gasteiger partial charge is 3.00 e. The zero-order chi connectivity index (χ0) is 24.8. The fraction of sp³-hybridized carbons (Fsp3) is 0. The number of hydroxylamine groups is 3. The third-order valence-corrected chi connectivity index (χ3v) is 3.70. The molecule has 34 heavy (non-hydrogen) atoms. The number of carbonyl (C=O) groups excluding carboxylic acids is 3. The van der Waals surface area contributed by atoms with Crippen molar-refractivity contribution in [3.63, 3.8) is 0 Å². The smallest absolute Gasteiger partial charge is 0.872 e. The third kappa shape index (κ3) is 9.16. The Labute approximate surface area is 203 Å². The van der Waals surface area contributed by atoms with Crippen molar-refractivity contribution in [2.45, 2.75) is 0 Å². The van der Waals surface area contributed by atoms with E-state index in [4.69, 9.17) is 15.6 Å². The molecular formula is C21H18FeN3O9. The summed E-state index contributed by atoms with van der Waals surface area (Å²) in [5.41, 5.74) is 3.97. The van der Waals surface area contributed by atoms with Crippen LogP contribution < -0.4 is 31.8 Å². The fourth-order valence-electron chi connectivity index (χ4n) is 2.14. The molecule has 0 unspecified atom stereocenters. The first-order valence-electron chi connectivity index (χ1n) is 8.88. The zero-order valence-corrected chi connectivity index (χ0v) is 18.2. The molecule has 0 spiro atoms. The second-order valence-electron chi connectivity index (χ2n) is 5.81. The van der Waals surface area contributed by atoms with E-state index in [2.05, 4.69) is 0 Å². The minimum atomic E-state index is -0.782. The molecule has 0 atom stereocenters. The van der Waals surface area contributed by atoms with Crippen LogP contribution in [0, 0.1) is 0 Å². The van der Waals surface area contributed by atoms with Gasteiger partial charge in [0.25, 0.3) is 17.7 Å². The molecule has 0 heterocycles. The van der Waals surface area contributed by atoms with Crippen molar-refractivity contribution >= 4 is 17.7 Å². The van der Waals surface area contributed by atoms with Crippen LogP contribution in [-0.4, -0.2) is 33.3 Å². The summed E-state index contributed by atoms with van der Waals surface area (Å²) in [7, 11) is 0. The Morgan fingerprint density at radius 3 is 0.882 bits per heavy atom. The van der Waals surface area contributed by atoms with Gasteiger partial charge in [-0.2, -0.15) is 0 Å². The van der Waals surface area contributed by atoms with Crippen molar-refractivity contribution in [1.82, 2.24) is 16.4 Å². The monoisotopic (exact) mass is 512 g/mol. The molecule has 3 rings (SSSR count). The number of amides is 3. The minimum Gasteiger partial charge on any atom is -0.872 e. The van der Waals surface area contributed by atoms with Crippen molar-refractivity contribution in [2.75, 3.05) is 0 Å². The van der Waals surface area contributed by atoms with Gasteiger partial charge in [0.1, 0.15) is 0 Å². The molecule has 1 radical (unpaired) electrons. The summed E-state index contributed by atoms with van der Waals surface area (Å²) in [5.74, 6) is -3.56. The van der Waals surface area contributed by atoms with Gasteiger partial charge < -0.3 is 15.3 Å². The van der Waals surface area contributed by atoms with Crippen LogP contribution in [-0.2, 0) is 17.1 Å². The molecule has 3 amide bonds. The second-order valence-corrected chi connectivity index (χ2v) is 5.81. The van der Waals surface area contributed by atoms with Gasteiger partial charge in [-0.05, 0) is 0 Å². The van der Waals surface area contributed by atoms with Crippen molar-refractivity contribution in [3.05, 3.63) is 89.5 Å². The molecule has 12 nitrogen and oxygen atoms in total. The molecule has 0 fully saturated rings. The van der Waals surface area contributed by atoms with Gasteiger partial charge in [0.2, 0.25) is 0 Å². The van der Waals surface area contributed by atoms with Crippen molar-refractivity contribution in [3.8, 4) is 17.2 Å². The van der Waals surface area contributed by atoms with E-state index in [0.29, 0.717) is 0 Å². The van der Waals surface area contributed by atoms with Crippen LogP contribution in [0.2, 0.25) is 0 Å². The molecule has 0 aromatic heterocycles. The Balaban J connectivity index is 0.000000473. The van der Waals surface area contributed by atoms with E-state index in [0.717, 1.165) is 0 Å². The van der Waals surface area contributed by atoms with Gasteiger partial charge in [0.15, 0.2) is 0 Å². The summed E-state index contributed by atoms with van der Waals surface area (Å²) in [5, 5.41) is 57.1. The van der Waals surface area contributed by atoms with Crippen LogP contribution >= 0.6 is 0 Å². The van der Waals surface area contributed by atoms with Crippen molar-refractivity contribution in [2.24, 2.45) is 0 Å². The Morgan fingerprint density at radius 2 is 0.706 bits per heavy atom. The van der Waals surface area contributed by atoms with E-state index in [1.54, 1.807) is 18.2 Å². The number of hydrogen-bond donors (Lipinski definition) is 6. The molecule has 0 aliphatic carbocycles. The van der Waals surface area contributed by atoms with E-state index < -0.39 is 35.0 Å². The molecule has 0 aliphatic rings. The summed E-state index contributed by atoms with van der Waals surface area (Å²) in [6.45, 7) is 0. The van der Waals surface area contributed by atoms with E-state index in [1.807, 2.05) is 0 Å². The van der Waals surface area contributed by atoms with Crippen LogP contribution in [0.3, 0.4) is 0 Å². The Hall–Kier alpha value is -4.13. The predicted molar refractivity (Wildman–Crippen MR) is 105 cm³/mol. The van der Waals surface area contributed by atoms with Crippen LogP contribution in [0.1, 0.15) is 31.1 Å². The van der Waals surface area contributed by atoms with Crippen LogP contribution in [0.5, 0.6) is 17.2 Å². The zero-order valence-electron chi connectivity index (χ0n) is 17.1. The van der Waals surface area contributed by atoms with E-state index in [-0.39, 0.29) is 33.8 Å². The second kappa shape index (κ2) is 15.6. The first-order chi connectivity index (χ1) is 15.8. The molecular weight excluding hydrogens is 494 g/mol. The number of benzene rings is 3. The predicted octanol–water partition coefficient (Wildman–Crippen LogP) is -0.365. The maximum atomic E-state index is 10.8. The minimum absolute atomic E-state index is 0. The van der Waals surface area contributed by atoms with Crippen LogP contribution in [0.4, 0.5) is 0 Å². The summed E-state index contributed by atoms with van der Waals surface area (Å²) in [4.78, 5) is 32.0. The number of carbonyl (C=O) groups is 3. The Bertz CT molecular complexity index is 960. The molecule has 0 saturated carbocycles. The maximum Gasteiger partial charge on any atom is 3.00 e. The molecule has 0 bridgehead atoms. The molecule has 13 heteroatoms. The van der Waals surface area contributed by atoms with E-state index in [1.165, 1.54) is 71.0 Å². The average molecular weight is 512 g/mol. The van der Waals surface area contributed by atoms with Gasteiger partial charge in [-0.3, -0.25) is 30.0 Å². The summed E-state index contributed by atoms with van der Waals surface area (Å²) in [6, 6.07) is 17.0.